The molecule has 0 amide bonds. The van der Waals surface area contributed by atoms with E-state index in [0.29, 0.717) is 12.2 Å². The summed E-state index contributed by atoms with van der Waals surface area (Å²) in [4.78, 5) is 21.6. The fourth-order valence-electron chi connectivity index (χ4n) is 4.12. The van der Waals surface area contributed by atoms with Crippen LogP contribution < -0.4 is 10.1 Å². The van der Waals surface area contributed by atoms with Crippen LogP contribution in [0.4, 0.5) is 5.69 Å². The Hall–Kier alpha value is -4.10. The third-order valence-corrected chi connectivity index (χ3v) is 5.87. The zero-order valence-electron chi connectivity index (χ0n) is 20.4. The van der Waals surface area contributed by atoms with Crippen molar-refractivity contribution in [1.82, 2.24) is 4.90 Å². The average Bonchev–Trinajstić information content (AvgIpc) is 2.90. The summed E-state index contributed by atoms with van der Waals surface area (Å²) in [6, 6.07) is 23.4. The van der Waals surface area contributed by atoms with Crippen molar-refractivity contribution in [3.8, 4) is 5.75 Å². The number of aliphatic carboxylic acids is 2. The van der Waals surface area contributed by atoms with Crippen molar-refractivity contribution in [1.29, 1.82) is 0 Å². The van der Waals surface area contributed by atoms with Crippen LogP contribution in [0.25, 0.3) is 16.3 Å². The van der Waals surface area contributed by atoms with Crippen LogP contribution in [0.2, 0.25) is 0 Å². The largest absolute Gasteiger partial charge is 0.495 e. The second-order valence-corrected chi connectivity index (χ2v) is 8.30. The fraction of sp³-hybridized carbons (Fsp3) is 0.241. The minimum Gasteiger partial charge on any atom is -0.495 e. The Labute approximate surface area is 211 Å². The van der Waals surface area contributed by atoms with Gasteiger partial charge in [0.1, 0.15) is 5.75 Å². The second kappa shape index (κ2) is 13.7. The highest BCUT2D eigenvalue weighted by molar-refractivity contribution is 5.94. The van der Waals surface area contributed by atoms with Crippen molar-refractivity contribution in [3.63, 3.8) is 0 Å². The van der Waals surface area contributed by atoms with Crippen LogP contribution >= 0.6 is 0 Å². The van der Waals surface area contributed by atoms with Crippen LogP contribution in [-0.2, 0) is 9.59 Å². The molecule has 0 fully saturated rings. The first-order valence-electron chi connectivity index (χ1n) is 11.9. The zero-order valence-corrected chi connectivity index (χ0v) is 20.4. The number of carboxylic acids is 2. The number of carboxylic acid groups (broad SMARTS) is 2. The summed E-state index contributed by atoms with van der Waals surface area (Å²) < 4.78 is 5.40. The van der Waals surface area contributed by atoms with Gasteiger partial charge in [0.05, 0.1) is 12.8 Å². The van der Waals surface area contributed by atoms with Crippen molar-refractivity contribution in [3.05, 3.63) is 90.5 Å². The zero-order chi connectivity index (χ0) is 25.8. The van der Waals surface area contributed by atoms with Gasteiger partial charge in [-0.25, -0.2) is 9.59 Å². The molecule has 7 nitrogen and oxygen atoms in total. The number of carbonyl (C=O) groups is 2. The molecule has 7 heteroatoms. The molecule has 0 radical (unpaired) electrons. The van der Waals surface area contributed by atoms with Gasteiger partial charge in [-0.15, -0.1) is 0 Å². The molecule has 0 aromatic heterocycles. The number of hydrogen-bond donors (Lipinski definition) is 3. The quantitative estimate of drug-likeness (QED) is 0.283. The predicted molar refractivity (Wildman–Crippen MR) is 143 cm³/mol. The van der Waals surface area contributed by atoms with E-state index in [9.17, 15) is 9.59 Å². The molecule has 188 valence electrons. The van der Waals surface area contributed by atoms with Crippen LogP contribution in [0.3, 0.4) is 0 Å². The molecule has 0 aliphatic carbocycles. The van der Waals surface area contributed by atoms with Crippen molar-refractivity contribution < 1.29 is 24.5 Å². The minimum absolute atomic E-state index is 0.558. The monoisotopic (exact) mass is 488 g/mol. The molecule has 3 aromatic carbocycles. The molecule has 3 N–H and O–H groups in total. The lowest BCUT2D eigenvalue weighted by Crippen LogP contribution is -2.30. The summed E-state index contributed by atoms with van der Waals surface area (Å²) >= 11 is 0. The van der Waals surface area contributed by atoms with Crippen molar-refractivity contribution in [2.75, 3.05) is 38.6 Å². The fourth-order valence-corrected chi connectivity index (χ4v) is 4.12. The Morgan fingerprint density at radius 3 is 2.36 bits per heavy atom. The summed E-state index contributed by atoms with van der Waals surface area (Å²) in [6.45, 7) is 4.23. The normalized spacial score (nSPS) is 13.5. The summed E-state index contributed by atoms with van der Waals surface area (Å²) in [7, 11) is 1.72. The van der Waals surface area contributed by atoms with Crippen molar-refractivity contribution in [2.45, 2.75) is 12.8 Å². The topological polar surface area (TPSA) is 99.1 Å². The number of methoxy groups -OCH3 is 1. The van der Waals surface area contributed by atoms with Gasteiger partial charge in [0.2, 0.25) is 0 Å². The maximum Gasteiger partial charge on any atom is 0.328 e. The van der Waals surface area contributed by atoms with Gasteiger partial charge in [-0.1, -0.05) is 60.7 Å². The third-order valence-electron chi connectivity index (χ3n) is 5.87. The number of hydrogen-bond acceptors (Lipinski definition) is 5. The Bertz CT molecular complexity index is 1210. The molecule has 1 aliphatic heterocycles. The van der Waals surface area contributed by atoms with E-state index in [0.717, 1.165) is 50.5 Å². The first-order chi connectivity index (χ1) is 17.5. The van der Waals surface area contributed by atoms with Gasteiger partial charge in [0.25, 0.3) is 0 Å². The summed E-state index contributed by atoms with van der Waals surface area (Å²) in [5.41, 5.74) is 3.96. The van der Waals surface area contributed by atoms with E-state index in [4.69, 9.17) is 14.9 Å². The van der Waals surface area contributed by atoms with Gasteiger partial charge in [-0.2, -0.15) is 0 Å². The van der Waals surface area contributed by atoms with E-state index in [1.165, 1.54) is 21.9 Å². The molecule has 0 unspecified atom stereocenters. The predicted octanol–water partition coefficient (Wildman–Crippen LogP) is 5.15. The lowest BCUT2D eigenvalue weighted by atomic mass is 9.94. The summed E-state index contributed by atoms with van der Waals surface area (Å²) in [5, 5.41) is 21.8. The van der Waals surface area contributed by atoms with Gasteiger partial charge in [0.15, 0.2) is 0 Å². The van der Waals surface area contributed by atoms with E-state index >= 15 is 0 Å². The van der Waals surface area contributed by atoms with E-state index in [-0.39, 0.29) is 0 Å². The van der Waals surface area contributed by atoms with Crippen LogP contribution in [-0.4, -0.2) is 60.3 Å². The van der Waals surface area contributed by atoms with Gasteiger partial charge < -0.3 is 20.3 Å². The number of para-hydroxylation sites is 2. The smallest absolute Gasteiger partial charge is 0.328 e. The van der Waals surface area contributed by atoms with Gasteiger partial charge in [-0.3, -0.25) is 4.90 Å². The molecule has 0 saturated heterocycles. The molecule has 0 saturated carbocycles. The number of rotatable bonds is 9. The molecule has 0 bridgehead atoms. The molecule has 0 atom stereocenters. The highest BCUT2D eigenvalue weighted by atomic mass is 16.5. The molecular weight excluding hydrogens is 456 g/mol. The third kappa shape index (κ3) is 7.99. The molecule has 3 aromatic rings. The number of benzene rings is 3. The number of anilines is 1. The van der Waals surface area contributed by atoms with E-state index in [1.54, 1.807) is 7.11 Å². The van der Waals surface area contributed by atoms with E-state index < -0.39 is 11.9 Å². The van der Waals surface area contributed by atoms with Crippen LogP contribution in [0, 0.1) is 0 Å². The van der Waals surface area contributed by atoms with Gasteiger partial charge in [0, 0.05) is 38.3 Å². The van der Waals surface area contributed by atoms with Crippen LogP contribution in [0.15, 0.2) is 85.0 Å². The number of fused-ring (bicyclic) bond motifs is 1. The molecule has 1 heterocycles. The summed E-state index contributed by atoms with van der Waals surface area (Å²) in [5.74, 6) is -1.61. The van der Waals surface area contributed by atoms with Crippen LogP contribution in [0.1, 0.15) is 18.4 Å². The summed E-state index contributed by atoms with van der Waals surface area (Å²) in [6.07, 6.45) is 5.77. The molecule has 1 aliphatic rings. The lowest BCUT2D eigenvalue weighted by Gasteiger charge is -2.27. The van der Waals surface area contributed by atoms with Crippen molar-refractivity contribution >= 4 is 34.0 Å². The lowest BCUT2D eigenvalue weighted by molar-refractivity contribution is -0.134. The second-order valence-electron chi connectivity index (χ2n) is 8.30. The standard InChI is InChI=1S/C25H28N2O.C4H4O4/c1-28-25-13-5-4-12-24(25)26-16-7-17-27-18-14-21(15-19-27)23-11-6-9-20-8-2-3-10-22(20)23;5-3(6)1-2-4(7)8/h2-6,8-14,26H,7,15-19H2,1H3;1-2H,(H,5,6)(H,7,8)/b;2-1+. The van der Waals surface area contributed by atoms with Crippen LogP contribution in [0.5, 0.6) is 5.75 Å². The first kappa shape index (κ1) is 26.5. The molecular formula is C29H32N2O5. The molecule has 0 spiro atoms. The SMILES string of the molecule is COc1ccccc1NCCCN1CC=C(c2cccc3ccccc23)CC1.O=C(O)/C=C/C(=O)O. The maximum atomic E-state index is 9.55. The van der Waals surface area contributed by atoms with E-state index in [1.807, 2.05) is 18.2 Å². The first-order valence-corrected chi connectivity index (χ1v) is 11.9. The maximum absolute atomic E-state index is 9.55. The average molecular weight is 489 g/mol. The number of ether oxygens (including phenoxy) is 1. The Morgan fingerprint density at radius 1 is 0.972 bits per heavy atom. The Kier molecular flexibility index (Phi) is 10.1. The molecule has 4 rings (SSSR count). The minimum atomic E-state index is -1.26. The highest BCUT2D eigenvalue weighted by Gasteiger charge is 2.14. The van der Waals surface area contributed by atoms with Gasteiger partial charge >= 0.3 is 11.9 Å². The Morgan fingerprint density at radius 2 is 1.67 bits per heavy atom. The Balaban J connectivity index is 0.000000392. The van der Waals surface area contributed by atoms with Gasteiger partial charge in [-0.05, 0) is 46.9 Å². The number of nitrogens with one attached hydrogen (secondary N) is 1. The highest BCUT2D eigenvalue weighted by Crippen LogP contribution is 2.29. The molecule has 36 heavy (non-hydrogen) atoms. The van der Waals surface area contributed by atoms with E-state index in [2.05, 4.69) is 64.8 Å². The number of nitrogens with zero attached hydrogens (tertiary/aromatic N) is 1. The van der Waals surface area contributed by atoms with Crippen molar-refractivity contribution in [2.24, 2.45) is 0 Å².